The van der Waals surface area contributed by atoms with E-state index in [0.717, 1.165) is 5.69 Å². The highest BCUT2D eigenvalue weighted by atomic mass is 16.5. The summed E-state index contributed by atoms with van der Waals surface area (Å²) in [4.78, 5) is 27.9. The maximum Gasteiger partial charge on any atom is 0.253 e. The molecule has 0 spiro atoms. The number of ether oxygens (including phenoxy) is 1. The largest absolute Gasteiger partial charge is 0.375 e. The van der Waals surface area contributed by atoms with E-state index < -0.39 is 0 Å². The molecule has 6 heteroatoms. The number of methoxy groups -OCH3 is 1. The van der Waals surface area contributed by atoms with Gasteiger partial charge >= 0.3 is 0 Å². The molecule has 24 heavy (non-hydrogen) atoms. The van der Waals surface area contributed by atoms with Gasteiger partial charge in [0, 0.05) is 56.9 Å². The lowest BCUT2D eigenvalue weighted by Crippen LogP contribution is -2.51. The topological polar surface area (TPSA) is 54.8 Å². The summed E-state index contributed by atoms with van der Waals surface area (Å²) in [6, 6.07) is 11.5. The molecule has 0 N–H and O–H groups in total. The molecule has 0 atom stereocenters. The Hall–Kier alpha value is -2.60. The highest BCUT2D eigenvalue weighted by Crippen LogP contribution is 2.13. The fourth-order valence-electron chi connectivity index (χ4n) is 2.84. The first kappa shape index (κ1) is 16.3. The molecule has 126 valence electrons. The van der Waals surface area contributed by atoms with Crippen molar-refractivity contribution in [3.63, 3.8) is 0 Å². The maximum absolute atomic E-state index is 12.6. The Balaban J connectivity index is 1.60. The molecule has 1 aliphatic heterocycles. The molecule has 2 amide bonds. The Bertz CT molecular complexity index is 687. The lowest BCUT2D eigenvalue weighted by Gasteiger charge is -2.34. The quantitative estimate of drug-likeness (QED) is 0.853. The Labute approximate surface area is 141 Å². The minimum absolute atomic E-state index is 0.00731. The first-order valence-electron chi connectivity index (χ1n) is 7.98. The molecular weight excluding hydrogens is 306 g/mol. The van der Waals surface area contributed by atoms with Crippen molar-refractivity contribution in [1.29, 1.82) is 0 Å². The van der Waals surface area contributed by atoms with Crippen LogP contribution in [0.5, 0.6) is 0 Å². The smallest absolute Gasteiger partial charge is 0.253 e. The van der Waals surface area contributed by atoms with E-state index in [2.05, 4.69) is 0 Å². The lowest BCUT2D eigenvalue weighted by molar-refractivity contribution is -0.136. The minimum Gasteiger partial charge on any atom is -0.375 e. The van der Waals surface area contributed by atoms with Crippen molar-refractivity contribution in [2.24, 2.45) is 0 Å². The van der Waals surface area contributed by atoms with Crippen LogP contribution in [0.1, 0.15) is 10.4 Å². The summed E-state index contributed by atoms with van der Waals surface area (Å²) in [5.41, 5.74) is 1.69. The molecular formula is C18H21N3O3. The number of hydrogen-bond acceptors (Lipinski definition) is 3. The number of rotatable bonds is 4. The second kappa shape index (κ2) is 7.31. The normalized spacial score (nSPS) is 14.7. The van der Waals surface area contributed by atoms with Gasteiger partial charge in [-0.3, -0.25) is 9.59 Å². The zero-order chi connectivity index (χ0) is 16.9. The summed E-state index contributed by atoms with van der Waals surface area (Å²) < 4.78 is 6.86. The average molecular weight is 327 g/mol. The lowest BCUT2D eigenvalue weighted by atomic mass is 10.1. The van der Waals surface area contributed by atoms with Crippen molar-refractivity contribution in [3.8, 4) is 5.69 Å². The van der Waals surface area contributed by atoms with Gasteiger partial charge in [0.25, 0.3) is 5.91 Å². The van der Waals surface area contributed by atoms with Gasteiger partial charge in [-0.1, -0.05) is 0 Å². The first-order valence-corrected chi connectivity index (χ1v) is 7.98. The Morgan fingerprint density at radius 1 is 0.958 bits per heavy atom. The van der Waals surface area contributed by atoms with Crippen LogP contribution in [-0.4, -0.2) is 66.1 Å². The molecule has 1 aliphatic rings. The van der Waals surface area contributed by atoms with E-state index in [1.807, 2.05) is 53.4 Å². The van der Waals surface area contributed by atoms with Crippen LogP contribution in [0, 0.1) is 0 Å². The van der Waals surface area contributed by atoms with Gasteiger partial charge in [0.2, 0.25) is 5.91 Å². The predicted octanol–water partition coefficient (Wildman–Crippen LogP) is 1.41. The zero-order valence-electron chi connectivity index (χ0n) is 13.7. The van der Waals surface area contributed by atoms with Gasteiger partial charge in [0.1, 0.15) is 6.61 Å². The van der Waals surface area contributed by atoms with Gasteiger partial charge in [-0.25, -0.2) is 0 Å². The third-order valence-corrected chi connectivity index (χ3v) is 4.20. The summed E-state index contributed by atoms with van der Waals surface area (Å²) >= 11 is 0. The molecule has 1 aromatic heterocycles. The number of piperazine rings is 1. The van der Waals surface area contributed by atoms with Gasteiger partial charge in [-0.15, -0.1) is 0 Å². The van der Waals surface area contributed by atoms with Crippen LogP contribution in [0.2, 0.25) is 0 Å². The average Bonchev–Trinajstić information content (AvgIpc) is 3.16. The van der Waals surface area contributed by atoms with Crippen LogP contribution in [-0.2, 0) is 9.53 Å². The molecule has 1 aromatic carbocycles. The molecule has 0 unspecified atom stereocenters. The standard InChI is InChI=1S/C18H21N3O3/c1-24-14-17(22)20-10-12-21(13-11-20)18(23)15-4-6-16(7-5-15)19-8-2-3-9-19/h2-9H,10-14H2,1H3. The van der Waals surface area contributed by atoms with Crippen LogP contribution >= 0.6 is 0 Å². The van der Waals surface area contributed by atoms with Crippen LogP contribution in [0.25, 0.3) is 5.69 Å². The van der Waals surface area contributed by atoms with Gasteiger partial charge in [-0.2, -0.15) is 0 Å². The molecule has 0 bridgehead atoms. The van der Waals surface area contributed by atoms with E-state index in [-0.39, 0.29) is 18.4 Å². The van der Waals surface area contributed by atoms with Gasteiger partial charge in [0.15, 0.2) is 0 Å². The molecule has 0 aliphatic carbocycles. The number of carbonyl (C=O) groups excluding carboxylic acids is 2. The molecule has 0 radical (unpaired) electrons. The molecule has 2 aromatic rings. The van der Waals surface area contributed by atoms with Crippen LogP contribution in [0.3, 0.4) is 0 Å². The molecule has 0 saturated carbocycles. The minimum atomic E-state index is -0.0272. The van der Waals surface area contributed by atoms with E-state index in [1.165, 1.54) is 7.11 Å². The predicted molar refractivity (Wildman–Crippen MR) is 90.1 cm³/mol. The Morgan fingerprint density at radius 2 is 1.54 bits per heavy atom. The van der Waals surface area contributed by atoms with Crippen LogP contribution < -0.4 is 0 Å². The van der Waals surface area contributed by atoms with E-state index in [4.69, 9.17) is 4.74 Å². The summed E-state index contributed by atoms with van der Waals surface area (Å²) in [6.07, 6.45) is 3.93. The number of carbonyl (C=O) groups is 2. The molecule has 1 saturated heterocycles. The first-order chi connectivity index (χ1) is 11.7. The molecule has 1 fully saturated rings. The summed E-state index contributed by atoms with van der Waals surface area (Å²) in [5, 5.41) is 0. The second-order valence-electron chi connectivity index (χ2n) is 5.74. The number of benzene rings is 1. The Kier molecular flexibility index (Phi) is 4.96. The monoisotopic (exact) mass is 327 g/mol. The molecule has 6 nitrogen and oxygen atoms in total. The van der Waals surface area contributed by atoms with Gasteiger partial charge in [0.05, 0.1) is 0 Å². The van der Waals surface area contributed by atoms with E-state index in [9.17, 15) is 9.59 Å². The number of amides is 2. The summed E-state index contributed by atoms with van der Waals surface area (Å²) in [6.45, 7) is 2.29. The fourth-order valence-corrected chi connectivity index (χ4v) is 2.84. The second-order valence-corrected chi connectivity index (χ2v) is 5.74. The van der Waals surface area contributed by atoms with Gasteiger partial charge < -0.3 is 19.1 Å². The number of hydrogen-bond donors (Lipinski definition) is 0. The van der Waals surface area contributed by atoms with Crippen molar-refractivity contribution in [3.05, 3.63) is 54.4 Å². The SMILES string of the molecule is COCC(=O)N1CCN(C(=O)c2ccc(-n3cccc3)cc2)CC1. The van der Waals surface area contributed by atoms with E-state index in [1.54, 1.807) is 9.80 Å². The highest BCUT2D eigenvalue weighted by molar-refractivity contribution is 5.94. The summed E-state index contributed by atoms with van der Waals surface area (Å²) in [7, 11) is 1.51. The zero-order valence-corrected chi connectivity index (χ0v) is 13.7. The third-order valence-electron chi connectivity index (χ3n) is 4.20. The van der Waals surface area contributed by atoms with Crippen molar-refractivity contribution in [2.75, 3.05) is 39.9 Å². The van der Waals surface area contributed by atoms with Crippen molar-refractivity contribution < 1.29 is 14.3 Å². The third kappa shape index (κ3) is 3.49. The Morgan fingerprint density at radius 3 is 2.12 bits per heavy atom. The van der Waals surface area contributed by atoms with Crippen LogP contribution in [0.15, 0.2) is 48.8 Å². The van der Waals surface area contributed by atoms with Crippen LogP contribution in [0.4, 0.5) is 0 Å². The molecule has 2 heterocycles. The van der Waals surface area contributed by atoms with Crippen molar-refractivity contribution in [1.82, 2.24) is 14.4 Å². The maximum atomic E-state index is 12.6. The van der Waals surface area contributed by atoms with E-state index in [0.29, 0.717) is 31.7 Å². The fraction of sp³-hybridized carbons (Fsp3) is 0.333. The number of nitrogens with zero attached hydrogens (tertiary/aromatic N) is 3. The highest BCUT2D eigenvalue weighted by Gasteiger charge is 2.24. The van der Waals surface area contributed by atoms with Gasteiger partial charge in [-0.05, 0) is 36.4 Å². The molecule has 3 rings (SSSR count). The van der Waals surface area contributed by atoms with E-state index >= 15 is 0 Å². The number of aromatic nitrogens is 1. The summed E-state index contributed by atoms with van der Waals surface area (Å²) in [5.74, 6) is -0.0198. The van der Waals surface area contributed by atoms with Crippen molar-refractivity contribution in [2.45, 2.75) is 0 Å². The van der Waals surface area contributed by atoms with Crippen molar-refractivity contribution >= 4 is 11.8 Å².